The van der Waals surface area contributed by atoms with Gasteiger partial charge in [0, 0.05) is 32.7 Å². The Labute approximate surface area is 190 Å². The van der Waals surface area contributed by atoms with E-state index in [1.54, 1.807) is 31.0 Å². The van der Waals surface area contributed by atoms with Gasteiger partial charge in [-0.05, 0) is 49.5 Å². The van der Waals surface area contributed by atoms with E-state index >= 15 is 0 Å². The number of aliphatic hydroxyl groups excluding tert-OH is 1. The van der Waals surface area contributed by atoms with Crippen LogP contribution in [-0.4, -0.2) is 81.2 Å². The van der Waals surface area contributed by atoms with Gasteiger partial charge in [0.25, 0.3) is 0 Å². The van der Waals surface area contributed by atoms with Crippen LogP contribution in [0.15, 0.2) is 29.2 Å². The van der Waals surface area contributed by atoms with E-state index in [-0.39, 0.29) is 48.8 Å². The van der Waals surface area contributed by atoms with E-state index in [0.29, 0.717) is 0 Å². The molecule has 3 rings (SSSR count). The molecule has 0 saturated carbocycles. The lowest BCUT2D eigenvalue weighted by atomic mass is 10.0. The van der Waals surface area contributed by atoms with Crippen molar-refractivity contribution >= 4 is 21.5 Å². The number of aliphatic hydroxyl groups is 1. The molecule has 2 aliphatic rings. The molecule has 1 aromatic rings. The zero-order valence-electron chi connectivity index (χ0n) is 19.3. The van der Waals surface area contributed by atoms with Gasteiger partial charge in [-0.3, -0.25) is 4.79 Å². The fraction of sp³-hybridized carbons (Fsp3) is 0.609. The Balaban J connectivity index is 2.04. The highest BCUT2D eigenvalue weighted by molar-refractivity contribution is 7.89. The molecular formula is C23H34N2O6S. The fourth-order valence-corrected chi connectivity index (χ4v) is 6.01. The number of carbonyl (C=O) groups excluding carboxylic acids is 1. The number of carbonyl (C=O) groups is 1. The molecule has 0 saturated heterocycles. The second-order valence-electron chi connectivity index (χ2n) is 8.73. The first-order valence-corrected chi connectivity index (χ1v) is 12.5. The largest absolute Gasteiger partial charge is 0.487 e. The Morgan fingerprint density at radius 2 is 2.16 bits per heavy atom. The lowest BCUT2D eigenvalue weighted by Crippen LogP contribution is -2.50. The summed E-state index contributed by atoms with van der Waals surface area (Å²) in [5.41, 5.74) is 2.14. The molecule has 8 nitrogen and oxygen atoms in total. The summed E-state index contributed by atoms with van der Waals surface area (Å²) in [4.78, 5) is 13.9. The van der Waals surface area contributed by atoms with E-state index in [9.17, 15) is 18.3 Å². The highest BCUT2D eigenvalue weighted by Crippen LogP contribution is 2.37. The highest BCUT2D eigenvalue weighted by atomic mass is 32.2. The van der Waals surface area contributed by atoms with Crippen molar-refractivity contribution in [2.45, 2.75) is 50.2 Å². The molecule has 3 atom stereocenters. The molecule has 1 N–H and O–H groups in total. The van der Waals surface area contributed by atoms with Gasteiger partial charge in [-0.15, -0.1) is 0 Å². The van der Waals surface area contributed by atoms with Crippen molar-refractivity contribution in [3.05, 3.63) is 29.8 Å². The van der Waals surface area contributed by atoms with Crippen LogP contribution in [-0.2, 0) is 19.6 Å². The highest BCUT2D eigenvalue weighted by Gasteiger charge is 2.38. The van der Waals surface area contributed by atoms with Crippen LogP contribution < -0.4 is 4.74 Å². The van der Waals surface area contributed by atoms with Crippen LogP contribution in [0.1, 0.15) is 38.7 Å². The summed E-state index contributed by atoms with van der Waals surface area (Å²) in [5.74, 6) is -0.114. The minimum atomic E-state index is -3.88. The maximum atomic E-state index is 13.5. The number of likely N-dealkylation sites (N-methyl/N-ethyl adjacent to an activating group) is 1. The summed E-state index contributed by atoms with van der Waals surface area (Å²) in [5, 5.41) is 9.73. The molecule has 0 radical (unpaired) electrons. The predicted molar refractivity (Wildman–Crippen MR) is 122 cm³/mol. The number of sulfonamides is 1. The number of methoxy groups -OCH3 is 1. The third-order valence-electron chi connectivity index (χ3n) is 6.23. The molecular weight excluding hydrogens is 432 g/mol. The first-order valence-electron chi connectivity index (χ1n) is 11.0. The second kappa shape index (κ2) is 10.3. The first kappa shape index (κ1) is 24.7. The summed E-state index contributed by atoms with van der Waals surface area (Å²) in [6, 6.07) is 4.64. The Hall–Kier alpha value is -1.94. The van der Waals surface area contributed by atoms with Crippen LogP contribution >= 0.6 is 0 Å². The third-order valence-corrected chi connectivity index (χ3v) is 8.25. The van der Waals surface area contributed by atoms with Crippen molar-refractivity contribution in [2.75, 3.05) is 40.5 Å². The number of hydrogen-bond acceptors (Lipinski definition) is 6. The number of rotatable bonds is 7. The zero-order chi connectivity index (χ0) is 23.5. The number of allylic oxidation sites excluding steroid dienone is 2. The minimum Gasteiger partial charge on any atom is -0.487 e. The van der Waals surface area contributed by atoms with Gasteiger partial charge in [0.1, 0.15) is 23.4 Å². The van der Waals surface area contributed by atoms with Gasteiger partial charge in [-0.25, -0.2) is 8.42 Å². The van der Waals surface area contributed by atoms with Crippen molar-refractivity contribution in [3.8, 4) is 5.75 Å². The molecule has 0 bridgehead atoms. The fourth-order valence-electron chi connectivity index (χ4n) is 4.18. The SMILES string of the molecule is COCC(=O)N(C)C[C@@H]1Oc2cc(C3=CCCC3)ccc2S(=O)(=O)N([C@@H](C)CO)C[C@H]1C. The van der Waals surface area contributed by atoms with Gasteiger partial charge < -0.3 is 19.5 Å². The lowest BCUT2D eigenvalue weighted by Gasteiger charge is -2.37. The normalized spacial score (nSPS) is 24.0. The number of hydrogen-bond donors (Lipinski definition) is 1. The molecule has 1 aliphatic heterocycles. The van der Waals surface area contributed by atoms with Gasteiger partial charge in [0.05, 0.1) is 13.2 Å². The van der Waals surface area contributed by atoms with Crippen molar-refractivity contribution < 1.29 is 27.8 Å². The molecule has 178 valence electrons. The average Bonchev–Trinajstić information content (AvgIpc) is 3.30. The number of ether oxygens (including phenoxy) is 2. The van der Waals surface area contributed by atoms with Crippen LogP contribution in [0.3, 0.4) is 0 Å². The summed E-state index contributed by atoms with van der Waals surface area (Å²) in [6.07, 6.45) is 4.79. The van der Waals surface area contributed by atoms with Gasteiger partial charge >= 0.3 is 0 Å². The summed E-state index contributed by atoms with van der Waals surface area (Å²) in [6.45, 7) is 3.73. The molecule has 1 aromatic carbocycles. The van der Waals surface area contributed by atoms with Gasteiger partial charge in [-0.2, -0.15) is 4.31 Å². The van der Waals surface area contributed by atoms with Crippen molar-refractivity contribution in [2.24, 2.45) is 5.92 Å². The summed E-state index contributed by atoms with van der Waals surface area (Å²) in [7, 11) is -0.726. The molecule has 0 spiro atoms. The van der Waals surface area contributed by atoms with E-state index < -0.39 is 22.2 Å². The molecule has 1 heterocycles. The molecule has 9 heteroatoms. The number of amides is 1. The number of fused-ring (bicyclic) bond motifs is 1. The molecule has 0 unspecified atom stereocenters. The summed E-state index contributed by atoms with van der Waals surface area (Å²) >= 11 is 0. The number of nitrogens with zero attached hydrogens (tertiary/aromatic N) is 2. The predicted octanol–water partition coefficient (Wildman–Crippen LogP) is 2.13. The van der Waals surface area contributed by atoms with E-state index in [4.69, 9.17) is 9.47 Å². The summed E-state index contributed by atoms with van der Waals surface area (Å²) < 4.78 is 39.6. The molecule has 32 heavy (non-hydrogen) atoms. The Morgan fingerprint density at radius 3 is 2.78 bits per heavy atom. The zero-order valence-corrected chi connectivity index (χ0v) is 20.1. The van der Waals surface area contributed by atoms with Gasteiger partial charge in [0.15, 0.2) is 0 Å². The van der Waals surface area contributed by atoms with Gasteiger partial charge in [0.2, 0.25) is 15.9 Å². The lowest BCUT2D eigenvalue weighted by molar-refractivity contribution is -0.135. The van der Waals surface area contributed by atoms with Crippen molar-refractivity contribution in [3.63, 3.8) is 0 Å². The van der Waals surface area contributed by atoms with Crippen molar-refractivity contribution in [1.82, 2.24) is 9.21 Å². The third kappa shape index (κ3) is 5.17. The Morgan fingerprint density at radius 1 is 1.41 bits per heavy atom. The number of benzene rings is 1. The standard InChI is InChI=1S/C23H34N2O6S/c1-16-12-25(17(2)14-26)32(28,29)22-10-9-19(18-7-5-6-8-18)11-20(22)31-21(16)13-24(3)23(27)15-30-4/h7,9-11,16-17,21,26H,5-6,8,12-15H2,1-4H3/t16-,17+,21+/m1/s1. The molecule has 0 fully saturated rings. The maximum absolute atomic E-state index is 13.5. The topological polar surface area (TPSA) is 96.4 Å². The monoisotopic (exact) mass is 466 g/mol. The van der Waals surface area contributed by atoms with Crippen LogP contribution in [0.25, 0.3) is 5.57 Å². The maximum Gasteiger partial charge on any atom is 0.248 e. The first-order chi connectivity index (χ1) is 15.2. The van der Waals surface area contributed by atoms with Crippen LogP contribution in [0.5, 0.6) is 5.75 Å². The van der Waals surface area contributed by atoms with E-state index in [1.165, 1.54) is 17.0 Å². The van der Waals surface area contributed by atoms with Crippen LogP contribution in [0.2, 0.25) is 0 Å². The van der Waals surface area contributed by atoms with Crippen LogP contribution in [0, 0.1) is 5.92 Å². The minimum absolute atomic E-state index is 0.0332. The van der Waals surface area contributed by atoms with Gasteiger partial charge in [-0.1, -0.05) is 19.1 Å². The smallest absolute Gasteiger partial charge is 0.248 e. The molecule has 1 amide bonds. The van der Waals surface area contributed by atoms with Crippen molar-refractivity contribution in [1.29, 1.82) is 0 Å². The Kier molecular flexibility index (Phi) is 7.97. The molecule has 0 aromatic heterocycles. The quantitative estimate of drug-likeness (QED) is 0.661. The van der Waals surface area contributed by atoms with E-state index in [0.717, 1.165) is 24.8 Å². The van der Waals surface area contributed by atoms with E-state index in [2.05, 4.69) is 6.08 Å². The average molecular weight is 467 g/mol. The second-order valence-corrected chi connectivity index (χ2v) is 10.6. The molecule has 1 aliphatic carbocycles. The van der Waals surface area contributed by atoms with E-state index in [1.807, 2.05) is 13.0 Å². The van der Waals surface area contributed by atoms with Crippen LogP contribution in [0.4, 0.5) is 0 Å². The Bertz CT molecular complexity index is 961.